The average molecular weight is 431 g/mol. The molecule has 0 aromatic heterocycles. The van der Waals surface area contributed by atoms with Crippen LogP contribution in [0.5, 0.6) is 5.75 Å². The zero-order chi connectivity index (χ0) is 20.9. The van der Waals surface area contributed by atoms with Gasteiger partial charge in [0.05, 0.1) is 21.7 Å². The van der Waals surface area contributed by atoms with Gasteiger partial charge in [0.25, 0.3) is 0 Å². The zero-order valence-corrected chi connectivity index (χ0v) is 18.9. The quantitative estimate of drug-likeness (QED) is 0.268. The van der Waals surface area contributed by atoms with Crippen molar-refractivity contribution in [1.82, 2.24) is 0 Å². The number of ketones is 2. The Labute approximate surface area is 194 Å². The SMILES string of the molecule is Cc1ccc(Nc2ccc(O)c3c2C(=O)c2ccccc2C3=O)cc1S(=O)(=O)[O-].[Na+]. The first-order chi connectivity index (χ1) is 13.7. The summed E-state index contributed by atoms with van der Waals surface area (Å²) >= 11 is 0. The normalized spacial score (nSPS) is 12.6. The molecule has 0 aliphatic heterocycles. The second-order valence-corrected chi connectivity index (χ2v) is 7.99. The van der Waals surface area contributed by atoms with Crippen molar-refractivity contribution in [3.8, 4) is 5.75 Å². The third-order valence-electron chi connectivity index (χ3n) is 4.79. The summed E-state index contributed by atoms with van der Waals surface area (Å²) in [5.74, 6) is -1.26. The van der Waals surface area contributed by atoms with E-state index in [1.165, 1.54) is 43.3 Å². The summed E-state index contributed by atoms with van der Waals surface area (Å²) in [6.07, 6.45) is 0. The Morgan fingerprint density at radius 2 is 1.50 bits per heavy atom. The van der Waals surface area contributed by atoms with Crippen LogP contribution in [0.4, 0.5) is 11.4 Å². The van der Waals surface area contributed by atoms with Gasteiger partial charge in [-0.2, -0.15) is 0 Å². The second-order valence-electron chi connectivity index (χ2n) is 6.65. The summed E-state index contributed by atoms with van der Waals surface area (Å²) in [6, 6.07) is 13.2. The first kappa shape index (κ1) is 22.2. The van der Waals surface area contributed by atoms with Gasteiger partial charge in [0.15, 0.2) is 11.6 Å². The molecule has 4 rings (SSSR count). The predicted octanol–water partition coefficient (Wildman–Crippen LogP) is 0.128. The second kappa shape index (κ2) is 7.98. The molecule has 146 valence electrons. The molecule has 1 aliphatic rings. The molecule has 2 N–H and O–H groups in total. The summed E-state index contributed by atoms with van der Waals surface area (Å²) in [4.78, 5) is 25.5. The molecule has 0 spiro atoms. The van der Waals surface area contributed by atoms with E-state index in [-0.39, 0.29) is 73.8 Å². The van der Waals surface area contributed by atoms with Crippen LogP contribution in [-0.4, -0.2) is 29.6 Å². The number of anilines is 2. The summed E-state index contributed by atoms with van der Waals surface area (Å²) in [5.41, 5.74) is 1.03. The Morgan fingerprint density at radius 1 is 0.900 bits per heavy atom. The van der Waals surface area contributed by atoms with Crippen molar-refractivity contribution in [1.29, 1.82) is 0 Å². The number of fused-ring (bicyclic) bond motifs is 2. The maximum Gasteiger partial charge on any atom is 1.00 e. The number of hydrogen-bond donors (Lipinski definition) is 2. The number of rotatable bonds is 3. The molecule has 3 aromatic rings. The molecule has 0 saturated carbocycles. The van der Waals surface area contributed by atoms with Crippen LogP contribution in [0.25, 0.3) is 0 Å². The monoisotopic (exact) mass is 431 g/mol. The standard InChI is InChI=1S/C21H15NO6S.Na/c1-11-6-7-12(10-17(11)29(26,27)28)22-15-8-9-16(23)19-18(15)20(24)13-4-2-3-5-14(13)21(19)25;/h2-10,22-23H,1H3,(H,26,27,28);/q;+1/p-1. The number of hydrogen-bond acceptors (Lipinski definition) is 7. The van der Waals surface area contributed by atoms with Crippen LogP contribution in [0.15, 0.2) is 59.5 Å². The molecule has 1 aliphatic carbocycles. The molecule has 7 nitrogen and oxygen atoms in total. The number of phenolic OH excluding ortho intramolecular Hbond substituents is 1. The fourth-order valence-corrected chi connectivity index (χ4v) is 4.15. The fraction of sp³-hybridized carbons (Fsp3) is 0.0476. The van der Waals surface area contributed by atoms with Crippen molar-refractivity contribution in [2.24, 2.45) is 0 Å². The maximum absolute atomic E-state index is 13.0. The van der Waals surface area contributed by atoms with Gasteiger partial charge in [-0.1, -0.05) is 30.3 Å². The Hall–Kier alpha value is -2.49. The van der Waals surface area contributed by atoms with Crippen molar-refractivity contribution in [2.45, 2.75) is 11.8 Å². The molecule has 0 saturated heterocycles. The number of carbonyl (C=O) groups excluding carboxylic acids is 2. The molecule has 0 heterocycles. The zero-order valence-electron chi connectivity index (χ0n) is 16.1. The summed E-state index contributed by atoms with van der Waals surface area (Å²) in [5, 5.41) is 13.1. The molecule has 0 bridgehead atoms. The molecular weight excluding hydrogens is 417 g/mol. The van der Waals surface area contributed by atoms with Gasteiger partial charge in [-0.25, -0.2) is 8.42 Å². The summed E-state index contributed by atoms with van der Waals surface area (Å²) < 4.78 is 34.4. The molecule has 3 aromatic carbocycles. The van der Waals surface area contributed by atoms with E-state index in [2.05, 4.69) is 5.32 Å². The van der Waals surface area contributed by atoms with Crippen LogP contribution in [0.3, 0.4) is 0 Å². The minimum Gasteiger partial charge on any atom is -0.744 e. The van der Waals surface area contributed by atoms with E-state index < -0.39 is 21.7 Å². The van der Waals surface area contributed by atoms with Crippen LogP contribution in [-0.2, 0) is 10.1 Å². The van der Waals surface area contributed by atoms with E-state index in [0.717, 1.165) is 0 Å². The topological polar surface area (TPSA) is 124 Å². The molecule has 30 heavy (non-hydrogen) atoms. The molecule has 0 radical (unpaired) electrons. The maximum atomic E-state index is 13.0. The van der Waals surface area contributed by atoms with E-state index in [0.29, 0.717) is 5.56 Å². The van der Waals surface area contributed by atoms with Gasteiger partial charge in [-0.15, -0.1) is 0 Å². The predicted molar refractivity (Wildman–Crippen MR) is 104 cm³/mol. The number of benzene rings is 3. The van der Waals surface area contributed by atoms with Gasteiger partial charge in [-0.05, 0) is 36.8 Å². The molecule has 0 amide bonds. The van der Waals surface area contributed by atoms with Gasteiger partial charge in [0, 0.05) is 16.8 Å². The number of carbonyl (C=O) groups is 2. The fourth-order valence-electron chi connectivity index (χ4n) is 3.41. The Kier molecular flexibility index (Phi) is 5.90. The first-order valence-corrected chi connectivity index (χ1v) is 9.97. The Bertz CT molecular complexity index is 1320. The Morgan fingerprint density at radius 3 is 2.10 bits per heavy atom. The van der Waals surface area contributed by atoms with Crippen molar-refractivity contribution in [3.63, 3.8) is 0 Å². The third-order valence-corrected chi connectivity index (χ3v) is 5.77. The number of nitrogens with one attached hydrogen (secondary N) is 1. The van der Waals surface area contributed by atoms with Crippen molar-refractivity contribution >= 4 is 33.1 Å². The minimum absolute atomic E-state index is 0. The van der Waals surface area contributed by atoms with Gasteiger partial charge in [0.1, 0.15) is 15.9 Å². The number of aromatic hydroxyl groups is 1. The number of aryl methyl sites for hydroxylation is 1. The average Bonchev–Trinajstić information content (AvgIpc) is 2.68. The third kappa shape index (κ3) is 3.68. The van der Waals surface area contributed by atoms with E-state index in [4.69, 9.17) is 0 Å². The van der Waals surface area contributed by atoms with E-state index >= 15 is 0 Å². The molecular formula is C21H14NNaO6S. The van der Waals surface area contributed by atoms with Crippen LogP contribution in [0.2, 0.25) is 0 Å². The van der Waals surface area contributed by atoms with Crippen LogP contribution >= 0.6 is 0 Å². The first-order valence-electron chi connectivity index (χ1n) is 8.56. The van der Waals surface area contributed by atoms with Crippen molar-refractivity contribution < 1.29 is 57.2 Å². The largest absolute Gasteiger partial charge is 1.00 e. The smallest absolute Gasteiger partial charge is 0.744 e. The van der Waals surface area contributed by atoms with Crippen molar-refractivity contribution in [3.05, 3.63) is 82.4 Å². The van der Waals surface area contributed by atoms with Gasteiger partial charge in [0.2, 0.25) is 0 Å². The van der Waals surface area contributed by atoms with E-state index in [1.807, 2.05) is 0 Å². The number of phenols is 1. The van der Waals surface area contributed by atoms with Gasteiger partial charge >= 0.3 is 29.6 Å². The van der Waals surface area contributed by atoms with Crippen LogP contribution in [0.1, 0.15) is 37.4 Å². The van der Waals surface area contributed by atoms with Crippen molar-refractivity contribution in [2.75, 3.05) is 5.32 Å². The summed E-state index contributed by atoms with van der Waals surface area (Å²) in [7, 11) is -4.68. The molecule has 9 heteroatoms. The molecule has 0 unspecified atom stereocenters. The summed E-state index contributed by atoms with van der Waals surface area (Å²) in [6.45, 7) is 1.50. The van der Waals surface area contributed by atoms with Crippen LogP contribution in [0, 0.1) is 6.92 Å². The van der Waals surface area contributed by atoms with Gasteiger partial charge in [-0.3, -0.25) is 9.59 Å². The minimum atomic E-state index is -4.68. The molecule has 0 fully saturated rings. The Balaban J connectivity index is 0.00000256. The van der Waals surface area contributed by atoms with E-state index in [9.17, 15) is 27.7 Å². The van der Waals surface area contributed by atoms with Gasteiger partial charge < -0.3 is 15.0 Å². The van der Waals surface area contributed by atoms with E-state index in [1.54, 1.807) is 18.2 Å². The molecule has 0 atom stereocenters. The van der Waals surface area contributed by atoms with Crippen LogP contribution < -0.4 is 34.9 Å².